The van der Waals surface area contributed by atoms with Crippen LogP contribution in [0.1, 0.15) is 21.6 Å². The second kappa shape index (κ2) is 5.46. The number of carbonyl (C=O) groups excluding carboxylic acids is 1. The zero-order chi connectivity index (χ0) is 13.0. The minimum Gasteiger partial charge on any atom is -0.388 e. The molecule has 2 rings (SSSR count). The third-order valence-electron chi connectivity index (χ3n) is 2.46. The number of aromatic nitrogens is 2. The van der Waals surface area contributed by atoms with Gasteiger partial charge in [0.25, 0.3) is 0 Å². The van der Waals surface area contributed by atoms with E-state index in [1.165, 1.54) is 0 Å². The molecule has 0 aliphatic rings. The van der Waals surface area contributed by atoms with Gasteiger partial charge in [-0.3, -0.25) is 0 Å². The van der Waals surface area contributed by atoms with Gasteiger partial charge in [0.2, 0.25) is 0 Å². The Balaban J connectivity index is 2.09. The maximum atomic E-state index is 11.9. The summed E-state index contributed by atoms with van der Waals surface area (Å²) in [5.41, 5.74) is 2.15. The summed E-state index contributed by atoms with van der Waals surface area (Å²) in [6.45, 7) is 2.25. The first kappa shape index (κ1) is 12.3. The van der Waals surface area contributed by atoms with E-state index in [0.717, 1.165) is 11.3 Å². The molecule has 1 heterocycles. The van der Waals surface area contributed by atoms with Crippen molar-refractivity contribution in [2.24, 2.45) is 0 Å². The Kier molecular flexibility index (Phi) is 3.74. The number of H-pyrrole nitrogens is 1. The van der Waals surface area contributed by atoms with Crippen LogP contribution in [0, 0.1) is 6.92 Å². The number of ether oxygens (including phenoxy) is 2. The fourth-order valence-electron chi connectivity index (χ4n) is 1.56. The van der Waals surface area contributed by atoms with Gasteiger partial charge in [-0.15, -0.1) is 0 Å². The van der Waals surface area contributed by atoms with Gasteiger partial charge in [0, 0.05) is 7.11 Å². The molecule has 0 aliphatic heterocycles. The number of nitrogens with zero attached hydrogens (tertiary/aromatic N) is 1. The number of aromatic amines is 1. The van der Waals surface area contributed by atoms with Crippen LogP contribution in [0.4, 0.5) is 0 Å². The van der Waals surface area contributed by atoms with Crippen molar-refractivity contribution in [1.29, 1.82) is 0 Å². The minimum atomic E-state index is -0.425. The highest BCUT2D eigenvalue weighted by Crippen LogP contribution is 2.12. The predicted molar refractivity (Wildman–Crippen MR) is 65.4 cm³/mol. The molecule has 1 aromatic heterocycles. The normalized spacial score (nSPS) is 10.3. The maximum Gasteiger partial charge on any atom is 0.346 e. The minimum absolute atomic E-state index is 0.176. The van der Waals surface area contributed by atoms with Crippen LogP contribution in [-0.4, -0.2) is 23.0 Å². The molecule has 0 atom stereocenters. The van der Waals surface area contributed by atoms with Crippen molar-refractivity contribution >= 4 is 5.97 Å². The van der Waals surface area contributed by atoms with Crippen LogP contribution in [0.15, 0.2) is 30.5 Å². The van der Waals surface area contributed by atoms with Crippen LogP contribution >= 0.6 is 0 Å². The van der Waals surface area contributed by atoms with Crippen LogP contribution in [0.3, 0.4) is 0 Å². The van der Waals surface area contributed by atoms with Crippen molar-refractivity contribution in [1.82, 2.24) is 9.97 Å². The summed E-state index contributed by atoms with van der Waals surface area (Å²) < 4.78 is 10.1. The third kappa shape index (κ3) is 2.75. The molecule has 0 saturated heterocycles. The lowest BCUT2D eigenvalue weighted by molar-refractivity contribution is 0.0719. The summed E-state index contributed by atoms with van der Waals surface area (Å²) >= 11 is 0. The molecule has 0 amide bonds. The fraction of sp³-hybridized carbons (Fsp3) is 0.231. The standard InChI is InChI=1S/C13H14N2O3/c1-9-5-3-4-6-11(9)12(16)18-13-14-7-10(15-13)8-17-2/h3-7H,8H2,1-2H3,(H,14,15). The molecular formula is C13H14N2O3. The first-order valence-electron chi connectivity index (χ1n) is 5.51. The van der Waals surface area contributed by atoms with Crippen LogP contribution in [-0.2, 0) is 11.3 Å². The number of rotatable bonds is 4. The summed E-state index contributed by atoms with van der Waals surface area (Å²) in [5.74, 6) is -0.425. The molecule has 5 heteroatoms. The van der Waals surface area contributed by atoms with Gasteiger partial charge in [-0.25, -0.2) is 9.78 Å². The van der Waals surface area contributed by atoms with Crippen molar-refractivity contribution in [2.75, 3.05) is 7.11 Å². The van der Waals surface area contributed by atoms with Gasteiger partial charge in [-0.1, -0.05) is 18.2 Å². The summed E-state index contributed by atoms with van der Waals surface area (Å²) in [5, 5.41) is 0. The number of carbonyl (C=O) groups is 1. The van der Waals surface area contributed by atoms with Crippen molar-refractivity contribution in [2.45, 2.75) is 13.5 Å². The van der Waals surface area contributed by atoms with E-state index in [4.69, 9.17) is 9.47 Å². The number of hydrogen-bond acceptors (Lipinski definition) is 4. The maximum absolute atomic E-state index is 11.9. The van der Waals surface area contributed by atoms with Gasteiger partial charge in [-0.2, -0.15) is 0 Å². The number of benzene rings is 1. The second-order valence-electron chi connectivity index (χ2n) is 3.85. The average Bonchev–Trinajstić information content (AvgIpc) is 2.77. The first-order valence-corrected chi connectivity index (χ1v) is 5.51. The van der Waals surface area contributed by atoms with Gasteiger partial charge < -0.3 is 14.5 Å². The Morgan fingerprint density at radius 1 is 1.39 bits per heavy atom. The molecule has 0 unspecified atom stereocenters. The third-order valence-corrected chi connectivity index (χ3v) is 2.46. The average molecular weight is 246 g/mol. The van der Waals surface area contributed by atoms with Crippen molar-refractivity contribution in [3.8, 4) is 6.01 Å². The largest absolute Gasteiger partial charge is 0.388 e. The molecule has 1 aromatic carbocycles. The molecule has 1 N–H and O–H groups in total. The smallest absolute Gasteiger partial charge is 0.346 e. The lowest BCUT2D eigenvalue weighted by Gasteiger charge is -2.03. The summed E-state index contributed by atoms with van der Waals surface area (Å²) in [6, 6.07) is 7.42. The van der Waals surface area contributed by atoms with E-state index in [0.29, 0.717) is 12.2 Å². The molecule has 0 spiro atoms. The summed E-state index contributed by atoms with van der Waals surface area (Å²) in [7, 11) is 1.58. The second-order valence-corrected chi connectivity index (χ2v) is 3.85. The van der Waals surface area contributed by atoms with Crippen LogP contribution in [0.25, 0.3) is 0 Å². The molecular weight excluding hydrogens is 232 g/mol. The van der Waals surface area contributed by atoms with Gasteiger partial charge in [-0.05, 0) is 18.6 Å². The lowest BCUT2D eigenvalue weighted by atomic mass is 10.1. The van der Waals surface area contributed by atoms with Gasteiger partial charge >= 0.3 is 12.0 Å². The highest BCUT2D eigenvalue weighted by atomic mass is 16.5. The van der Waals surface area contributed by atoms with E-state index < -0.39 is 5.97 Å². The van der Waals surface area contributed by atoms with E-state index >= 15 is 0 Å². The predicted octanol–water partition coefficient (Wildman–Crippen LogP) is 2.08. The summed E-state index contributed by atoms with van der Waals surface area (Å²) in [6.07, 6.45) is 1.57. The Labute approximate surface area is 105 Å². The fourth-order valence-corrected chi connectivity index (χ4v) is 1.56. The van der Waals surface area contributed by atoms with Crippen LogP contribution < -0.4 is 4.74 Å². The highest BCUT2D eigenvalue weighted by molar-refractivity contribution is 5.92. The topological polar surface area (TPSA) is 64.2 Å². The van der Waals surface area contributed by atoms with Crippen LogP contribution in [0.5, 0.6) is 6.01 Å². The van der Waals surface area contributed by atoms with Crippen molar-refractivity contribution in [3.63, 3.8) is 0 Å². The quantitative estimate of drug-likeness (QED) is 0.839. The van der Waals surface area contributed by atoms with E-state index in [1.54, 1.807) is 25.4 Å². The SMILES string of the molecule is COCc1cnc(OC(=O)c2ccccc2C)[nH]1. The van der Waals surface area contributed by atoms with Crippen molar-refractivity contribution in [3.05, 3.63) is 47.3 Å². The van der Waals surface area contributed by atoms with E-state index in [-0.39, 0.29) is 6.01 Å². The number of imidazole rings is 1. The van der Waals surface area contributed by atoms with Gasteiger partial charge in [0.1, 0.15) is 0 Å². The molecule has 0 saturated carbocycles. The zero-order valence-electron chi connectivity index (χ0n) is 10.3. The Bertz CT molecular complexity index is 549. The molecule has 0 fully saturated rings. The zero-order valence-corrected chi connectivity index (χ0v) is 10.3. The molecule has 5 nitrogen and oxygen atoms in total. The highest BCUT2D eigenvalue weighted by Gasteiger charge is 2.12. The number of esters is 1. The molecule has 0 radical (unpaired) electrons. The van der Waals surface area contributed by atoms with E-state index in [9.17, 15) is 4.79 Å². The van der Waals surface area contributed by atoms with Gasteiger partial charge in [0.05, 0.1) is 24.1 Å². The molecule has 0 bridgehead atoms. The monoisotopic (exact) mass is 246 g/mol. The van der Waals surface area contributed by atoms with Gasteiger partial charge in [0.15, 0.2) is 0 Å². The molecule has 94 valence electrons. The van der Waals surface area contributed by atoms with E-state index in [2.05, 4.69) is 9.97 Å². The Hall–Kier alpha value is -2.14. The summed E-state index contributed by atoms with van der Waals surface area (Å²) in [4.78, 5) is 18.7. The molecule has 18 heavy (non-hydrogen) atoms. The number of nitrogens with one attached hydrogen (secondary N) is 1. The number of methoxy groups -OCH3 is 1. The Morgan fingerprint density at radius 2 is 2.17 bits per heavy atom. The molecule has 0 aliphatic carbocycles. The number of aryl methyl sites for hydroxylation is 1. The first-order chi connectivity index (χ1) is 8.70. The van der Waals surface area contributed by atoms with Crippen LogP contribution in [0.2, 0.25) is 0 Å². The number of hydrogen-bond donors (Lipinski definition) is 1. The van der Waals surface area contributed by atoms with Crippen molar-refractivity contribution < 1.29 is 14.3 Å². The lowest BCUT2D eigenvalue weighted by Crippen LogP contribution is -2.10. The molecule has 2 aromatic rings. The van der Waals surface area contributed by atoms with E-state index in [1.807, 2.05) is 19.1 Å². The Morgan fingerprint density at radius 3 is 2.89 bits per heavy atom.